The van der Waals surface area contributed by atoms with Crippen LogP contribution in [0.2, 0.25) is 5.02 Å². The Kier molecular flexibility index (Phi) is 5.26. The summed E-state index contributed by atoms with van der Waals surface area (Å²) < 4.78 is 0. The number of carbonyl (C=O) groups is 1. The van der Waals surface area contributed by atoms with Gasteiger partial charge in [-0.25, -0.2) is 15.0 Å². The summed E-state index contributed by atoms with van der Waals surface area (Å²) in [7, 11) is 0. The van der Waals surface area contributed by atoms with Gasteiger partial charge in [0.1, 0.15) is 5.82 Å². The lowest BCUT2D eigenvalue weighted by Gasteiger charge is -2.36. The molecule has 0 aliphatic carbocycles. The third kappa shape index (κ3) is 3.73. The van der Waals surface area contributed by atoms with E-state index in [2.05, 4.69) is 31.2 Å². The van der Waals surface area contributed by atoms with E-state index in [9.17, 15) is 4.79 Å². The molecule has 0 aromatic carbocycles. The van der Waals surface area contributed by atoms with Crippen LogP contribution in [0.15, 0.2) is 42.0 Å². The molecular weight excluding hydrogens is 420 g/mol. The lowest BCUT2D eigenvalue weighted by Crippen LogP contribution is -2.47. The molecule has 0 bridgehead atoms. The number of halogens is 1. The van der Waals surface area contributed by atoms with Crippen LogP contribution in [0.25, 0.3) is 10.6 Å². The number of amides is 1. The van der Waals surface area contributed by atoms with Crippen LogP contribution in [0.1, 0.15) is 16.8 Å². The molecule has 2 aliphatic rings. The van der Waals surface area contributed by atoms with Crippen molar-refractivity contribution in [2.75, 3.05) is 49.1 Å². The topological polar surface area (TPSA) is 65.5 Å². The van der Waals surface area contributed by atoms with Crippen molar-refractivity contribution in [1.82, 2.24) is 19.9 Å². The molecule has 0 spiro atoms. The van der Waals surface area contributed by atoms with Crippen molar-refractivity contribution >= 4 is 40.6 Å². The Bertz CT molecular complexity index is 1050. The summed E-state index contributed by atoms with van der Waals surface area (Å²) in [5.41, 5.74) is 1.51. The van der Waals surface area contributed by atoms with E-state index in [0.29, 0.717) is 10.6 Å². The van der Waals surface area contributed by atoms with Gasteiger partial charge in [0.25, 0.3) is 5.91 Å². The number of likely N-dealkylation sites (tertiary alicyclic amines) is 1. The van der Waals surface area contributed by atoms with Gasteiger partial charge < -0.3 is 14.7 Å². The van der Waals surface area contributed by atoms with Gasteiger partial charge in [-0.15, -0.1) is 11.3 Å². The van der Waals surface area contributed by atoms with Gasteiger partial charge >= 0.3 is 0 Å². The monoisotopic (exact) mass is 440 g/mol. The van der Waals surface area contributed by atoms with Crippen LogP contribution in [0.5, 0.6) is 0 Å². The SMILES string of the molecule is O=C(c1cnc(N2CCN(c3nccc(-c4cccs4)n3)CC2)c(Cl)c1)N1CCC1. The van der Waals surface area contributed by atoms with Crippen LogP contribution in [-0.2, 0) is 0 Å². The van der Waals surface area contributed by atoms with E-state index < -0.39 is 0 Å². The van der Waals surface area contributed by atoms with Gasteiger partial charge in [0, 0.05) is 51.7 Å². The number of pyridine rings is 1. The lowest BCUT2D eigenvalue weighted by molar-refractivity contribution is 0.0651. The van der Waals surface area contributed by atoms with Gasteiger partial charge in [-0.05, 0) is 30.0 Å². The zero-order valence-corrected chi connectivity index (χ0v) is 17.9. The largest absolute Gasteiger partial charge is 0.352 e. The Hall–Kier alpha value is -2.71. The van der Waals surface area contributed by atoms with Gasteiger partial charge in [0.2, 0.25) is 5.95 Å². The van der Waals surface area contributed by atoms with Gasteiger partial charge in [0.15, 0.2) is 0 Å². The van der Waals surface area contributed by atoms with Crippen molar-refractivity contribution in [2.45, 2.75) is 6.42 Å². The molecule has 3 aromatic heterocycles. The van der Waals surface area contributed by atoms with E-state index in [0.717, 1.165) is 68.0 Å². The van der Waals surface area contributed by atoms with Crippen molar-refractivity contribution in [1.29, 1.82) is 0 Å². The average Bonchev–Trinajstić information content (AvgIpc) is 3.28. The molecule has 0 unspecified atom stereocenters. The summed E-state index contributed by atoms with van der Waals surface area (Å²) in [6, 6.07) is 7.78. The van der Waals surface area contributed by atoms with Gasteiger partial charge in [-0.2, -0.15) is 0 Å². The quantitative estimate of drug-likeness (QED) is 0.619. The van der Waals surface area contributed by atoms with Gasteiger partial charge in [-0.1, -0.05) is 17.7 Å². The Labute approximate surface area is 183 Å². The number of anilines is 2. The molecule has 2 aliphatic heterocycles. The minimum atomic E-state index is 0.00907. The maximum atomic E-state index is 12.4. The predicted octanol–water partition coefficient (Wildman–Crippen LogP) is 3.43. The summed E-state index contributed by atoms with van der Waals surface area (Å²) in [6.45, 7) is 4.71. The van der Waals surface area contributed by atoms with Crippen molar-refractivity contribution in [3.05, 3.63) is 52.6 Å². The molecule has 7 nitrogen and oxygen atoms in total. The zero-order chi connectivity index (χ0) is 20.5. The van der Waals surface area contributed by atoms with E-state index in [1.165, 1.54) is 0 Å². The standard InChI is InChI=1S/C21H21ClN6OS/c22-16-13-15(20(29)27-6-2-7-27)14-24-19(16)26-8-10-28(11-9-26)21-23-5-4-17(25-21)18-3-1-12-30-18/h1,3-5,12-14H,2,6-11H2. The van der Waals surface area contributed by atoms with Crippen LogP contribution < -0.4 is 9.80 Å². The predicted molar refractivity (Wildman–Crippen MR) is 120 cm³/mol. The molecule has 9 heteroatoms. The van der Waals surface area contributed by atoms with Crippen molar-refractivity contribution < 1.29 is 4.79 Å². The lowest BCUT2D eigenvalue weighted by atomic mass is 10.1. The molecule has 5 rings (SSSR count). The maximum absolute atomic E-state index is 12.4. The molecule has 2 saturated heterocycles. The molecule has 2 fully saturated rings. The number of nitrogens with zero attached hydrogens (tertiary/aromatic N) is 6. The van der Waals surface area contributed by atoms with E-state index in [1.54, 1.807) is 23.6 Å². The fourth-order valence-electron chi connectivity index (χ4n) is 3.66. The number of carbonyl (C=O) groups excluding carboxylic acids is 1. The highest BCUT2D eigenvalue weighted by Crippen LogP contribution is 2.28. The molecule has 3 aromatic rings. The summed E-state index contributed by atoms with van der Waals surface area (Å²) in [5.74, 6) is 1.48. The normalized spacial score (nSPS) is 16.5. The van der Waals surface area contributed by atoms with Crippen molar-refractivity contribution in [2.24, 2.45) is 0 Å². The summed E-state index contributed by atoms with van der Waals surface area (Å²) in [6.07, 6.45) is 4.52. The molecule has 0 atom stereocenters. The van der Waals surface area contributed by atoms with Crippen LogP contribution in [0.3, 0.4) is 0 Å². The molecule has 30 heavy (non-hydrogen) atoms. The van der Waals surface area contributed by atoms with E-state index in [1.807, 2.05) is 23.2 Å². The van der Waals surface area contributed by atoms with Crippen LogP contribution in [0.4, 0.5) is 11.8 Å². The Morgan fingerprint density at radius 2 is 1.83 bits per heavy atom. The fraction of sp³-hybridized carbons (Fsp3) is 0.333. The first kappa shape index (κ1) is 19.3. The van der Waals surface area contributed by atoms with E-state index in [-0.39, 0.29) is 5.91 Å². The van der Waals surface area contributed by atoms with Gasteiger partial charge in [-0.3, -0.25) is 4.79 Å². The minimum Gasteiger partial charge on any atom is -0.352 e. The van der Waals surface area contributed by atoms with Crippen LogP contribution in [-0.4, -0.2) is 65.0 Å². The molecule has 0 radical (unpaired) electrons. The third-order valence-electron chi connectivity index (χ3n) is 5.49. The Morgan fingerprint density at radius 1 is 1.03 bits per heavy atom. The first-order chi connectivity index (χ1) is 14.7. The fourth-order valence-corrected chi connectivity index (χ4v) is 4.64. The van der Waals surface area contributed by atoms with Crippen LogP contribution >= 0.6 is 22.9 Å². The minimum absolute atomic E-state index is 0.00907. The highest BCUT2D eigenvalue weighted by molar-refractivity contribution is 7.13. The number of aromatic nitrogens is 3. The second-order valence-corrected chi connectivity index (χ2v) is 8.72. The smallest absolute Gasteiger partial charge is 0.255 e. The van der Waals surface area contributed by atoms with Crippen molar-refractivity contribution in [3.8, 4) is 10.6 Å². The average molecular weight is 441 g/mol. The number of rotatable bonds is 4. The van der Waals surface area contributed by atoms with Crippen LogP contribution in [0, 0.1) is 0 Å². The van der Waals surface area contributed by atoms with Gasteiger partial charge in [0.05, 0.1) is 21.2 Å². The summed E-state index contributed by atoms with van der Waals surface area (Å²) in [4.78, 5) is 33.4. The first-order valence-corrected chi connectivity index (χ1v) is 11.3. The van der Waals surface area contributed by atoms with E-state index in [4.69, 9.17) is 16.6 Å². The maximum Gasteiger partial charge on any atom is 0.255 e. The molecule has 5 heterocycles. The number of thiophene rings is 1. The summed E-state index contributed by atoms with van der Waals surface area (Å²) >= 11 is 8.17. The second-order valence-electron chi connectivity index (χ2n) is 7.37. The third-order valence-corrected chi connectivity index (χ3v) is 6.66. The molecule has 154 valence electrons. The first-order valence-electron chi connectivity index (χ1n) is 10.0. The van der Waals surface area contributed by atoms with Crippen molar-refractivity contribution in [3.63, 3.8) is 0 Å². The molecule has 0 saturated carbocycles. The molecule has 1 amide bonds. The molecular formula is C21H21ClN6OS. The highest BCUT2D eigenvalue weighted by atomic mass is 35.5. The number of hydrogen-bond acceptors (Lipinski definition) is 7. The zero-order valence-electron chi connectivity index (χ0n) is 16.4. The highest BCUT2D eigenvalue weighted by Gasteiger charge is 2.25. The Morgan fingerprint density at radius 3 is 2.50 bits per heavy atom. The van der Waals surface area contributed by atoms with E-state index >= 15 is 0 Å². The number of hydrogen-bond donors (Lipinski definition) is 0. The molecule has 0 N–H and O–H groups in total. The number of piperazine rings is 1. The second kappa shape index (κ2) is 8.20. The Balaban J connectivity index is 1.26. The summed E-state index contributed by atoms with van der Waals surface area (Å²) in [5, 5.41) is 2.57.